The van der Waals surface area contributed by atoms with E-state index in [0.29, 0.717) is 6.54 Å². The van der Waals surface area contributed by atoms with E-state index in [-0.39, 0.29) is 12.0 Å². The monoisotopic (exact) mass is 364 g/mol. The van der Waals surface area contributed by atoms with E-state index in [2.05, 4.69) is 4.98 Å². The zero-order valence-corrected chi connectivity index (χ0v) is 15.2. The Balaban J connectivity index is 1.61. The summed E-state index contributed by atoms with van der Waals surface area (Å²) in [5.74, 6) is -0.0663. The van der Waals surface area contributed by atoms with Crippen LogP contribution >= 0.6 is 11.3 Å². The highest BCUT2D eigenvalue weighted by Gasteiger charge is 2.25. The van der Waals surface area contributed by atoms with Crippen LogP contribution in [0.1, 0.15) is 18.4 Å². The molecule has 26 heavy (non-hydrogen) atoms. The second-order valence-corrected chi connectivity index (χ2v) is 7.30. The van der Waals surface area contributed by atoms with E-state index in [4.69, 9.17) is 4.74 Å². The maximum Gasteiger partial charge on any atom is 0.252 e. The number of para-hydroxylation sites is 1. The van der Waals surface area contributed by atoms with Gasteiger partial charge in [0.1, 0.15) is 0 Å². The van der Waals surface area contributed by atoms with Crippen molar-refractivity contribution in [2.45, 2.75) is 18.9 Å². The van der Waals surface area contributed by atoms with E-state index in [0.717, 1.165) is 40.4 Å². The fraction of sp³-hybridized carbons (Fsp3) is 0.238. The molecule has 1 amide bonds. The highest BCUT2D eigenvalue weighted by molar-refractivity contribution is 7.22. The Bertz CT molecular complexity index is 881. The molecule has 0 bridgehead atoms. The maximum atomic E-state index is 12.9. The van der Waals surface area contributed by atoms with Crippen molar-refractivity contribution in [2.75, 3.05) is 18.1 Å². The third kappa shape index (κ3) is 3.84. The van der Waals surface area contributed by atoms with Gasteiger partial charge in [-0.3, -0.25) is 9.69 Å². The first-order valence-electron chi connectivity index (χ1n) is 8.81. The fourth-order valence-electron chi connectivity index (χ4n) is 3.05. The topological polar surface area (TPSA) is 42.4 Å². The van der Waals surface area contributed by atoms with Crippen LogP contribution in [0.3, 0.4) is 0 Å². The van der Waals surface area contributed by atoms with Crippen LogP contribution in [-0.2, 0) is 9.53 Å². The molecule has 5 heteroatoms. The number of amides is 1. The molecule has 2 aromatic carbocycles. The SMILES string of the molecule is O=C(/C=C/c1ccccc1)N(C[C@@H]1CCCO1)c1nc2ccccc2s1. The molecule has 4 nitrogen and oxygen atoms in total. The Kier molecular flexibility index (Phi) is 5.09. The minimum atomic E-state index is -0.0663. The van der Waals surface area contributed by atoms with Crippen LogP contribution in [0.25, 0.3) is 16.3 Å². The molecule has 0 aliphatic carbocycles. The number of hydrogen-bond donors (Lipinski definition) is 0. The molecule has 1 aromatic heterocycles. The number of rotatable bonds is 5. The van der Waals surface area contributed by atoms with Gasteiger partial charge in [0.25, 0.3) is 5.91 Å². The number of fused-ring (bicyclic) bond motifs is 1. The summed E-state index contributed by atoms with van der Waals surface area (Å²) in [4.78, 5) is 19.3. The molecule has 1 aliphatic heterocycles. The Morgan fingerprint density at radius 3 is 2.77 bits per heavy atom. The standard InChI is InChI=1S/C21H20N2O2S/c24-20(13-12-16-7-2-1-3-8-16)23(15-17-9-6-14-25-17)21-22-18-10-4-5-11-19(18)26-21/h1-5,7-8,10-13,17H,6,9,14-15H2/b13-12+/t17-/m0/s1. The molecule has 0 saturated carbocycles. The number of carbonyl (C=O) groups excluding carboxylic acids is 1. The van der Waals surface area contributed by atoms with Gasteiger partial charge in [-0.05, 0) is 36.6 Å². The molecule has 3 aromatic rings. The normalized spacial score (nSPS) is 17.2. The summed E-state index contributed by atoms with van der Waals surface area (Å²) in [5.41, 5.74) is 1.92. The average molecular weight is 364 g/mol. The second-order valence-electron chi connectivity index (χ2n) is 6.29. The molecule has 132 valence electrons. The Morgan fingerprint density at radius 1 is 1.19 bits per heavy atom. The molecular weight excluding hydrogens is 344 g/mol. The van der Waals surface area contributed by atoms with Crippen LogP contribution in [0, 0.1) is 0 Å². The van der Waals surface area contributed by atoms with E-state index in [1.54, 1.807) is 22.3 Å². The summed E-state index contributed by atoms with van der Waals surface area (Å²) < 4.78 is 6.83. The van der Waals surface area contributed by atoms with Crippen LogP contribution < -0.4 is 4.90 Å². The lowest BCUT2D eigenvalue weighted by atomic mass is 10.2. The lowest BCUT2D eigenvalue weighted by molar-refractivity contribution is -0.114. The van der Waals surface area contributed by atoms with Crippen molar-refractivity contribution in [2.24, 2.45) is 0 Å². The molecule has 1 fully saturated rings. The van der Waals surface area contributed by atoms with Gasteiger partial charge in [0.05, 0.1) is 22.9 Å². The largest absolute Gasteiger partial charge is 0.376 e. The van der Waals surface area contributed by atoms with Crippen molar-refractivity contribution >= 4 is 38.7 Å². The Morgan fingerprint density at radius 2 is 2.00 bits per heavy atom. The highest BCUT2D eigenvalue weighted by Crippen LogP contribution is 2.30. The number of benzene rings is 2. The van der Waals surface area contributed by atoms with E-state index in [9.17, 15) is 4.79 Å². The molecular formula is C21H20N2O2S. The van der Waals surface area contributed by atoms with Gasteiger partial charge in [-0.15, -0.1) is 0 Å². The van der Waals surface area contributed by atoms with Gasteiger partial charge in [-0.2, -0.15) is 0 Å². The molecule has 2 heterocycles. The molecule has 1 saturated heterocycles. The van der Waals surface area contributed by atoms with Crippen LogP contribution in [0.5, 0.6) is 0 Å². The van der Waals surface area contributed by atoms with Crippen molar-refractivity contribution in [3.05, 3.63) is 66.2 Å². The lowest BCUT2D eigenvalue weighted by Gasteiger charge is -2.21. The Hall–Kier alpha value is -2.50. The van der Waals surface area contributed by atoms with Crippen LogP contribution in [0.15, 0.2) is 60.7 Å². The minimum Gasteiger partial charge on any atom is -0.376 e. The number of thiazole rings is 1. The first-order valence-corrected chi connectivity index (χ1v) is 9.63. The maximum absolute atomic E-state index is 12.9. The van der Waals surface area contributed by atoms with Gasteiger partial charge >= 0.3 is 0 Å². The summed E-state index contributed by atoms with van der Waals surface area (Å²) in [6, 6.07) is 17.8. The molecule has 1 atom stereocenters. The molecule has 0 N–H and O–H groups in total. The molecule has 0 radical (unpaired) electrons. The molecule has 1 aliphatic rings. The summed E-state index contributed by atoms with van der Waals surface area (Å²) in [6.45, 7) is 1.31. The zero-order chi connectivity index (χ0) is 17.8. The van der Waals surface area contributed by atoms with Gasteiger partial charge in [-0.25, -0.2) is 4.98 Å². The number of hydrogen-bond acceptors (Lipinski definition) is 4. The van der Waals surface area contributed by atoms with Crippen molar-refractivity contribution in [3.8, 4) is 0 Å². The van der Waals surface area contributed by atoms with Gasteiger partial charge in [0.15, 0.2) is 5.13 Å². The first kappa shape index (κ1) is 16.9. The smallest absolute Gasteiger partial charge is 0.252 e. The van der Waals surface area contributed by atoms with Crippen LogP contribution in [-0.4, -0.2) is 30.1 Å². The van der Waals surface area contributed by atoms with Crippen LogP contribution in [0.2, 0.25) is 0 Å². The Labute approximate surface area is 156 Å². The summed E-state index contributed by atoms with van der Waals surface area (Å²) >= 11 is 1.54. The molecule has 4 rings (SSSR count). The molecule has 0 spiro atoms. The third-order valence-corrected chi connectivity index (χ3v) is 5.47. The number of anilines is 1. The third-order valence-electron chi connectivity index (χ3n) is 4.41. The predicted octanol–water partition coefficient (Wildman–Crippen LogP) is 4.52. The average Bonchev–Trinajstić information content (AvgIpc) is 3.34. The van der Waals surface area contributed by atoms with Gasteiger partial charge in [0.2, 0.25) is 0 Å². The zero-order valence-electron chi connectivity index (χ0n) is 14.4. The van der Waals surface area contributed by atoms with E-state index in [1.807, 2.05) is 60.7 Å². The first-order chi connectivity index (χ1) is 12.8. The highest BCUT2D eigenvalue weighted by atomic mass is 32.1. The number of aromatic nitrogens is 1. The second kappa shape index (κ2) is 7.81. The van der Waals surface area contributed by atoms with Crippen molar-refractivity contribution in [1.29, 1.82) is 0 Å². The number of nitrogens with zero attached hydrogens (tertiary/aromatic N) is 2. The minimum absolute atomic E-state index is 0.0663. The summed E-state index contributed by atoms with van der Waals surface area (Å²) in [6.07, 6.45) is 5.58. The fourth-order valence-corrected chi connectivity index (χ4v) is 4.03. The quantitative estimate of drug-likeness (QED) is 0.625. The predicted molar refractivity (Wildman–Crippen MR) is 106 cm³/mol. The summed E-state index contributed by atoms with van der Waals surface area (Å²) in [7, 11) is 0. The van der Waals surface area contributed by atoms with Gasteiger partial charge in [-0.1, -0.05) is 53.8 Å². The number of carbonyl (C=O) groups is 1. The lowest BCUT2D eigenvalue weighted by Crippen LogP contribution is -2.36. The van der Waals surface area contributed by atoms with Crippen molar-refractivity contribution < 1.29 is 9.53 Å². The van der Waals surface area contributed by atoms with E-state index < -0.39 is 0 Å². The van der Waals surface area contributed by atoms with Crippen LogP contribution in [0.4, 0.5) is 5.13 Å². The molecule has 0 unspecified atom stereocenters. The van der Waals surface area contributed by atoms with E-state index in [1.165, 1.54) is 0 Å². The summed E-state index contributed by atoms with van der Waals surface area (Å²) in [5, 5.41) is 0.726. The van der Waals surface area contributed by atoms with Gasteiger partial charge in [0, 0.05) is 12.7 Å². The number of ether oxygens (including phenoxy) is 1. The van der Waals surface area contributed by atoms with Crippen molar-refractivity contribution in [1.82, 2.24) is 4.98 Å². The van der Waals surface area contributed by atoms with Crippen molar-refractivity contribution in [3.63, 3.8) is 0 Å². The van der Waals surface area contributed by atoms with E-state index >= 15 is 0 Å². The van der Waals surface area contributed by atoms with Gasteiger partial charge < -0.3 is 4.74 Å².